The molecule has 0 aliphatic carbocycles. The minimum Gasteiger partial charge on any atom is -0.465 e. The number of carbonyl (C=O) groups is 1. The monoisotopic (exact) mass is 301 g/mol. The van der Waals surface area contributed by atoms with Crippen LogP contribution in [0.1, 0.15) is 18.1 Å². The Bertz CT molecular complexity index is 584. The van der Waals surface area contributed by atoms with Crippen LogP contribution in [0.2, 0.25) is 0 Å². The minimum atomic E-state index is -0.276. The molecule has 0 aliphatic rings. The number of hydrogen-bond acceptors (Lipinski definition) is 3. The summed E-state index contributed by atoms with van der Waals surface area (Å²) in [6.07, 6.45) is 0. The van der Waals surface area contributed by atoms with E-state index in [0.29, 0.717) is 19.7 Å². The molecule has 0 heterocycles. The third-order valence-electron chi connectivity index (χ3n) is 3.28. The van der Waals surface area contributed by atoms with Gasteiger partial charge in [0.15, 0.2) is 0 Å². The van der Waals surface area contributed by atoms with Gasteiger partial charge < -0.3 is 4.74 Å². The zero-order chi connectivity index (χ0) is 15.8. The summed E-state index contributed by atoms with van der Waals surface area (Å²) in [5, 5.41) is 0. The average Bonchev–Trinajstić information content (AvgIpc) is 2.50. The van der Waals surface area contributed by atoms with Gasteiger partial charge in [-0.2, -0.15) is 0 Å². The van der Waals surface area contributed by atoms with E-state index in [0.717, 1.165) is 12.1 Å². The first-order valence-corrected chi connectivity index (χ1v) is 7.27. The first-order valence-electron chi connectivity index (χ1n) is 7.27. The first-order chi connectivity index (χ1) is 10.6. The molecular formula is C18H20FNO2. The van der Waals surface area contributed by atoms with Crippen LogP contribution in [-0.2, 0) is 22.6 Å². The number of halogens is 1. The van der Waals surface area contributed by atoms with Crippen molar-refractivity contribution in [2.75, 3.05) is 13.2 Å². The molecule has 0 saturated heterocycles. The van der Waals surface area contributed by atoms with Gasteiger partial charge in [-0.05, 0) is 23.3 Å². The van der Waals surface area contributed by atoms with Gasteiger partial charge in [-0.1, -0.05) is 42.5 Å². The van der Waals surface area contributed by atoms with Crippen LogP contribution in [0.25, 0.3) is 0 Å². The lowest BCUT2D eigenvalue weighted by Gasteiger charge is -2.22. The Morgan fingerprint density at radius 3 is 2.18 bits per heavy atom. The van der Waals surface area contributed by atoms with Crippen LogP contribution in [0, 0.1) is 5.82 Å². The highest BCUT2D eigenvalue weighted by Crippen LogP contribution is 2.11. The smallest absolute Gasteiger partial charge is 0.302 e. The Morgan fingerprint density at radius 2 is 1.59 bits per heavy atom. The number of nitrogens with zero attached hydrogens (tertiary/aromatic N) is 1. The van der Waals surface area contributed by atoms with Gasteiger partial charge in [0.05, 0.1) is 0 Å². The minimum absolute atomic E-state index is 0.238. The Labute approximate surface area is 130 Å². The van der Waals surface area contributed by atoms with Crippen molar-refractivity contribution in [2.24, 2.45) is 0 Å². The van der Waals surface area contributed by atoms with E-state index < -0.39 is 0 Å². The molecule has 0 saturated carbocycles. The van der Waals surface area contributed by atoms with E-state index in [1.807, 2.05) is 18.2 Å². The van der Waals surface area contributed by atoms with E-state index in [1.165, 1.54) is 24.6 Å². The molecule has 0 bridgehead atoms. The largest absolute Gasteiger partial charge is 0.465 e. The SMILES string of the molecule is CC(=O)OCCN(Cc1ccccc1)Cc1ccc(F)cc1. The van der Waals surface area contributed by atoms with Gasteiger partial charge in [-0.15, -0.1) is 0 Å². The van der Waals surface area contributed by atoms with Gasteiger partial charge in [0.1, 0.15) is 12.4 Å². The fourth-order valence-electron chi connectivity index (χ4n) is 2.22. The molecule has 2 aromatic rings. The van der Waals surface area contributed by atoms with Crippen LogP contribution in [0.15, 0.2) is 54.6 Å². The second-order valence-corrected chi connectivity index (χ2v) is 5.16. The molecule has 2 rings (SSSR count). The zero-order valence-corrected chi connectivity index (χ0v) is 12.7. The Kier molecular flexibility index (Phi) is 6.10. The van der Waals surface area contributed by atoms with Crippen molar-refractivity contribution in [1.82, 2.24) is 4.90 Å². The number of rotatable bonds is 7. The highest BCUT2D eigenvalue weighted by atomic mass is 19.1. The molecule has 116 valence electrons. The van der Waals surface area contributed by atoms with Gasteiger partial charge in [0, 0.05) is 26.6 Å². The van der Waals surface area contributed by atoms with E-state index in [9.17, 15) is 9.18 Å². The molecular weight excluding hydrogens is 281 g/mol. The van der Waals surface area contributed by atoms with E-state index in [1.54, 1.807) is 12.1 Å². The summed E-state index contributed by atoms with van der Waals surface area (Å²) in [4.78, 5) is 13.1. The summed E-state index contributed by atoms with van der Waals surface area (Å²) in [6, 6.07) is 16.6. The number of carbonyl (C=O) groups excluding carboxylic acids is 1. The van der Waals surface area contributed by atoms with Crippen molar-refractivity contribution in [2.45, 2.75) is 20.0 Å². The second kappa shape index (κ2) is 8.29. The normalized spacial score (nSPS) is 10.7. The second-order valence-electron chi connectivity index (χ2n) is 5.16. The number of hydrogen-bond donors (Lipinski definition) is 0. The average molecular weight is 301 g/mol. The predicted octanol–water partition coefficient (Wildman–Crippen LogP) is 3.39. The quantitative estimate of drug-likeness (QED) is 0.734. The molecule has 0 unspecified atom stereocenters. The lowest BCUT2D eigenvalue weighted by Crippen LogP contribution is -2.27. The molecule has 0 aromatic heterocycles. The van der Waals surface area contributed by atoms with Gasteiger partial charge in [-0.25, -0.2) is 4.39 Å². The molecule has 4 heteroatoms. The van der Waals surface area contributed by atoms with E-state index >= 15 is 0 Å². The van der Waals surface area contributed by atoms with Crippen LogP contribution in [0.3, 0.4) is 0 Å². The molecule has 3 nitrogen and oxygen atoms in total. The molecule has 0 amide bonds. The van der Waals surface area contributed by atoms with Crippen LogP contribution in [0.5, 0.6) is 0 Å². The lowest BCUT2D eigenvalue weighted by atomic mass is 10.1. The third kappa shape index (κ3) is 5.66. The summed E-state index contributed by atoms with van der Waals surface area (Å²) in [7, 11) is 0. The number of benzene rings is 2. The van der Waals surface area contributed by atoms with Crippen LogP contribution < -0.4 is 0 Å². The predicted molar refractivity (Wildman–Crippen MR) is 83.6 cm³/mol. The van der Waals surface area contributed by atoms with Crippen molar-refractivity contribution in [3.8, 4) is 0 Å². The highest BCUT2D eigenvalue weighted by Gasteiger charge is 2.08. The summed E-state index contributed by atoms with van der Waals surface area (Å²) < 4.78 is 18.0. The maximum absolute atomic E-state index is 13.0. The Morgan fingerprint density at radius 1 is 1.00 bits per heavy atom. The number of ether oxygens (including phenoxy) is 1. The maximum atomic E-state index is 13.0. The van der Waals surface area contributed by atoms with Crippen molar-refractivity contribution in [3.63, 3.8) is 0 Å². The van der Waals surface area contributed by atoms with Crippen molar-refractivity contribution < 1.29 is 13.9 Å². The molecule has 22 heavy (non-hydrogen) atoms. The molecule has 0 fully saturated rings. The maximum Gasteiger partial charge on any atom is 0.302 e. The molecule has 0 aliphatic heterocycles. The molecule has 0 atom stereocenters. The molecule has 0 spiro atoms. The van der Waals surface area contributed by atoms with Gasteiger partial charge in [-0.3, -0.25) is 9.69 Å². The lowest BCUT2D eigenvalue weighted by molar-refractivity contribution is -0.141. The van der Waals surface area contributed by atoms with E-state index in [-0.39, 0.29) is 11.8 Å². The van der Waals surface area contributed by atoms with Crippen LogP contribution in [0.4, 0.5) is 4.39 Å². The molecule has 2 aromatic carbocycles. The highest BCUT2D eigenvalue weighted by molar-refractivity contribution is 5.65. The van der Waals surface area contributed by atoms with Crippen molar-refractivity contribution in [1.29, 1.82) is 0 Å². The van der Waals surface area contributed by atoms with Crippen LogP contribution in [-0.4, -0.2) is 24.0 Å². The Hall–Kier alpha value is -2.20. The Balaban J connectivity index is 2.00. The van der Waals surface area contributed by atoms with Gasteiger partial charge in [0.25, 0.3) is 0 Å². The van der Waals surface area contributed by atoms with E-state index in [4.69, 9.17) is 4.74 Å². The summed E-state index contributed by atoms with van der Waals surface area (Å²) in [5.41, 5.74) is 2.22. The van der Waals surface area contributed by atoms with Crippen molar-refractivity contribution >= 4 is 5.97 Å². The summed E-state index contributed by atoms with van der Waals surface area (Å²) >= 11 is 0. The summed E-state index contributed by atoms with van der Waals surface area (Å²) in [6.45, 7) is 3.81. The standard InChI is InChI=1S/C18H20FNO2/c1-15(21)22-12-11-20(13-16-5-3-2-4-6-16)14-17-7-9-18(19)10-8-17/h2-10H,11-14H2,1H3. The molecule has 0 N–H and O–H groups in total. The topological polar surface area (TPSA) is 29.5 Å². The zero-order valence-electron chi connectivity index (χ0n) is 12.7. The molecule has 0 radical (unpaired) electrons. The summed E-state index contributed by atoms with van der Waals surface area (Å²) in [5.74, 6) is -0.514. The fourth-order valence-corrected chi connectivity index (χ4v) is 2.22. The van der Waals surface area contributed by atoms with Crippen molar-refractivity contribution in [3.05, 3.63) is 71.5 Å². The van der Waals surface area contributed by atoms with Crippen LogP contribution >= 0.6 is 0 Å². The number of esters is 1. The fraction of sp³-hybridized carbons (Fsp3) is 0.278. The third-order valence-corrected chi connectivity index (χ3v) is 3.28. The van der Waals surface area contributed by atoms with Gasteiger partial charge >= 0.3 is 5.97 Å². The van der Waals surface area contributed by atoms with Gasteiger partial charge in [0.2, 0.25) is 0 Å². The first kappa shape index (κ1) is 16.2. The van der Waals surface area contributed by atoms with E-state index in [2.05, 4.69) is 17.0 Å².